The van der Waals surface area contributed by atoms with Gasteiger partial charge in [-0.25, -0.2) is 9.67 Å². The number of rotatable bonds is 1. The van der Waals surface area contributed by atoms with E-state index in [9.17, 15) is 4.79 Å². The Bertz CT molecular complexity index is 927. The van der Waals surface area contributed by atoms with Crippen LogP contribution in [-0.2, 0) is 20.0 Å². The first kappa shape index (κ1) is 12.9. The van der Waals surface area contributed by atoms with Gasteiger partial charge in [0.25, 0.3) is 11.3 Å². The summed E-state index contributed by atoms with van der Waals surface area (Å²) in [6, 6.07) is 3.65. The molecule has 112 valence electrons. The molecular weight excluding hydrogens is 282 g/mol. The second kappa shape index (κ2) is 4.62. The molecule has 0 bridgehead atoms. The fourth-order valence-electron chi connectivity index (χ4n) is 2.83. The third kappa shape index (κ3) is 1.95. The first-order valence-electron chi connectivity index (χ1n) is 7.10. The van der Waals surface area contributed by atoms with Gasteiger partial charge in [-0.2, -0.15) is 19.7 Å². The van der Waals surface area contributed by atoms with Crippen LogP contribution < -0.4 is 10.5 Å². The molecule has 22 heavy (non-hydrogen) atoms. The number of anilines is 1. The van der Waals surface area contributed by atoms with Crippen molar-refractivity contribution >= 4 is 11.6 Å². The molecule has 0 saturated carbocycles. The number of hydrogen-bond acceptors (Lipinski definition) is 6. The Labute approximate surface area is 126 Å². The van der Waals surface area contributed by atoms with E-state index >= 15 is 0 Å². The highest BCUT2D eigenvalue weighted by Gasteiger charge is 2.21. The molecule has 4 rings (SSSR count). The van der Waals surface area contributed by atoms with Gasteiger partial charge < -0.3 is 4.90 Å². The number of nitrogens with zero attached hydrogens (tertiary/aromatic N) is 7. The van der Waals surface area contributed by atoms with Crippen LogP contribution in [0.15, 0.2) is 23.3 Å². The summed E-state index contributed by atoms with van der Waals surface area (Å²) in [6.07, 6.45) is 2.29. The lowest BCUT2D eigenvalue weighted by Gasteiger charge is -2.30. The van der Waals surface area contributed by atoms with E-state index in [4.69, 9.17) is 0 Å². The topological polar surface area (TPSA) is 81.2 Å². The molecule has 0 N–H and O–H groups in total. The van der Waals surface area contributed by atoms with E-state index in [1.807, 2.05) is 13.0 Å². The Hall–Kier alpha value is -2.77. The summed E-state index contributed by atoms with van der Waals surface area (Å²) in [5.41, 5.74) is 2.76. The zero-order valence-electron chi connectivity index (χ0n) is 12.4. The van der Waals surface area contributed by atoms with Crippen LogP contribution in [0, 0.1) is 6.92 Å². The minimum Gasteiger partial charge on any atom is -0.352 e. The van der Waals surface area contributed by atoms with E-state index < -0.39 is 0 Å². The minimum atomic E-state index is -0.0857. The summed E-state index contributed by atoms with van der Waals surface area (Å²) < 4.78 is 3.12. The van der Waals surface area contributed by atoms with E-state index in [0.29, 0.717) is 12.3 Å². The minimum absolute atomic E-state index is 0.0857. The molecule has 8 nitrogen and oxygen atoms in total. The van der Waals surface area contributed by atoms with Gasteiger partial charge in [0.1, 0.15) is 12.1 Å². The number of aryl methyl sites for hydroxylation is 2. The predicted octanol–water partition coefficient (Wildman–Crippen LogP) is 0.0891. The normalized spacial score (nSPS) is 14.4. The summed E-state index contributed by atoms with van der Waals surface area (Å²) in [7, 11) is 1.68. The molecule has 0 fully saturated rings. The fourth-order valence-corrected chi connectivity index (χ4v) is 2.83. The Morgan fingerprint density at radius 2 is 2.14 bits per heavy atom. The summed E-state index contributed by atoms with van der Waals surface area (Å²) in [6.45, 7) is 3.39. The smallest absolute Gasteiger partial charge is 0.266 e. The van der Waals surface area contributed by atoms with Gasteiger partial charge in [-0.3, -0.25) is 4.79 Å². The molecule has 0 aromatic carbocycles. The molecule has 3 aromatic rings. The summed E-state index contributed by atoms with van der Waals surface area (Å²) >= 11 is 0. The maximum absolute atomic E-state index is 11.8. The standard InChI is InChI=1S/C14H15N7O/c1-9-5-12(21-14(17-9)15-8-16-21)20-4-3-11-10(7-20)6-13(22)19(2)18-11/h5-6,8H,3-4,7H2,1-2H3. The van der Waals surface area contributed by atoms with Gasteiger partial charge >= 0.3 is 0 Å². The van der Waals surface area contributed by atoms with Crippen LogP contribution in [0.1, 0.15) is 17.0 Å². The molecule has 0 spiro atoms. The number of fused-ring (bicyclic) bond motifs is 2. The van der Waals surface area contributed by atoms with Crippen molar-refractivity contribution in [3.8, 4) is 0 Å². The first-order valence-corrected chi connectivity index (χ1v) is 7.10. The zero-order chi connectivity index (χ0) is 15.3. The molecule has 3 aromatic heterocycles. The maximum atomic E-state index is 11.8. The highest BCUT2D eigenvalue weighted by atomic mass is 16.1. The van der Waals surface area contributed by atoms with E-state index in [1.165, 1.54) is 11.0 Å². The third-order valence-electron chi connectivity index (χ3n) is 3.92. The van der Waals surface area contributed by atoms with Crippen molar-refractivity contribution in [1.82, 2.24) is 29.4 Å². The molecule has 4 heterocycles. The van der Waals surface area contributed by atoms with E-state index in [1.54, 1.807) is 17.6 Å². The highest BCUT2D eigenvalue weighted by Crippen LogP contribution is 2.23. The van der Waals surface area contributed by atoms with Gasteiger partial charge in [0.05, 0.1) is 5.69 Å². The SMILES string of the molecule is Cc1cc(N2CCc3nn(C)c(=O)cc3C2)n2ncnc2n1. The van der Waals surface area contributed by atoms with Crippen molar-refractivity contribution in [2.75, 3.05) is 11.4 Å². The average Bonchev–Trinajstić information content (AvgIpc) is 2.95. The molecule has 1 aliphatic heterocycles. The van der Waals surface area contributed by atoms with Gasteiger partial charge in [-0.1, -0.05) is 0 Å². The Morgan fingerprint density at radius 1 is 1.27 bits per heavy atom. The Balaban J connectivity index is 1.79. The monoisotopic (exact) mass is 297 g/mol. The largest absolute Gasteiger partial charge is 0.352 e. The Morgan fingerprint density at radius 3 is 3.00 bits per heavy atom. The summed E-state index contributed by atoms with van der Waals surface area (Å²) in [5.74, 6) is 1.52. The van der Waals surface area contributed by atoms with Crippen LogP contribution in [0.5, 0.6) is 0 Å². The van der Waals surface area contributed by atoms with E-state index in [0.717, 1.165) is 35.7 Å². The van der Waals surface area contributed by atoms with Gasteiger partial charge in [0.2, 0.25) is 0 Å². The van der Waals surface area contributed by atoms with Crippen LogP contribution in [0.3, 0.4) is 0 Å². The Kier molecular flexibility index (Phi) is 2.72. The fraction of sp³-hybridized carbons (Fsp3) is 0.357. The second-order valence-electron chi connectivity index (χ2n) is 5.48. The average molecular weight is 297 g/mol. The molecule has 0 radical (unpaired) electrons. The lowest BCUT2D eigenvalue weighted by atomic mass is 10.1. The zero-order valence-corrected chi connectivity index (χ0v) is 12.4. The molecule has 0 atom stereocenters. The lowest BCUT2D eigenvalue weighted by Crippen LogP contribution is -2.35. The van der Waals surface area contributed by atoms with Gasteiger partial charge in [0.15, 0.2) is 0 Å². The molecule has 0 saturated heterocycles. The quantitative estimate of drug-likeness (QED) is 0.633. The van der Waals surface area contributed by atoms with Crippen LogP contribution in [-0.4, -0.2) is 35.9 Å². The van der Waals surface area contributed by atoms with E-state index in [2.05, 4.69) is 25.1 Å². The van der Waals surface area contributed by atoms with E-state index in [-0.39, 0.29) is 5.56 Å². The van der Waals surface area contributed by atoms with Gasteiger partial charge in [-0.15, -0.1) is 0 Å². The van der Waals surface area contributed by atoms with Crippen molar-refractivity contribution in [1.29, 1.82) is 0 Å². The lowest BCUT2D eigenvalue weighted by molar-refractivity contribution is 0.618. The van der Waals surface area contributed by atoms with Crippen LogP contribution >= 0.6 is 0 Å². The van der Waals surface area contributed by atoms with Crippen molar-refractivity contribution in [3.05, 3.63) is 45.8 Å². The molecule has 0 amide bonds. The van der Waals surface area contributed by atoms with Crippen molar-refractivity contribution in [2.24, 2.45) is 7.05 Å². The van der Waals surface area contributed by atoms with Crippen molar-refractivity contribution in [3.63, 3.8) is 0 Å². The number of hydrogen-bond donors (Lipinski definition) is 0. The van der Waals surface area contributed by atoms with Crippen LogP contribution in [0.4, 0.5) is 5.82 Å². The predicted molar refractivity (Wildman–Crippen MR) is 79.8 cm³/mol. The maximum Gasteiger partial charge on any atom is 0.266 e. The van der Waals surface area contributed by atoms with Crippen LogP contribution in [0.25, 0.3) is 5.78 Å². The molecule has 0 unspecified atom stereocenters. The second-order valence-corrected chi connectivity index (χ2v) is 5.48. The molecular formula is C14H15N7O. The molecule has 1 aliphatic rings. The highest BCUT2D eigenvalue weighted by molar-refractivity contribution is 5.49. The molecule has 8 heteroatoms. The summed E-state index contributed by atoms with van der Waals surface area (Å²) in [4.78, 5) is 22.5. The van der Waals surface area contributed by atoms with Gasteiger partial charge in [0, 0.05) is 49.9 Å². The van der Waals surface area contributed by atoms with Crippen LogP contribution in [0.2, 0.25) is 0 Å². The summed E-state index contributed by atoms with van der Waals surface area (Å²) in [5, 5.41) is 8.58. The van der Waals surface area contributed by atoms with Gasteiger partial charge in [-0.05, 0) is 6.92 Å². The van der Waals surface area contributed by atoms with Crippen molar-refractivity contribution in [2.45, 2.75) is 19.9 Å². The molecule has 0 aliphatic carbocycles. The number of aromatic nitrogens is 6. The third-order valence-corrected chi connectivity index (χ3v) is 3.92. The first-order chi connectivity index (χ1) is 10.6. The van der Waals surface area contributed by atoms with Crippen molar-refractivity contribution < 1.29 is 0 Å².